The number of rotatable bonds is 5. The Kier molecular flexibility index (Phi) is 4.94. The molecule has 1 aliphatic carbocycles. The van der Waals surface area contributed by atoms with Crippen molar-refractivity contribution in [2.45, 2.75) is 32.7 Å². The van der Waals surface area contributed by atoms with E-state index >= 15 is 0 Å². The van der Waals surface area contributed by atoms with Gasteiger partial charge in [0, 0.05) is 18.8 Å². The van der Waals surface area contributed by atoms with Gasteiger partial charge in [0.15, 0.2) is 11.5 Å². The first-order valence-corrected chi connectivity index (χ1v) is 9.88. The highest BCUT2D eigenvalue weighted by molar-refractivity contribution is 6.13. The van der Waals surface area contributed by atoms with Crippen molar-refractivity contribution < 1.29 is 19.1 Å². The number of nitrogens with one attached hydrogen (secondary N) is 1. The molecule has 2 aliphatic rings. The van der Waals surface area contributed by atoms with Crippen LogP contribution in [0.5, 0.6) is 11.5 Å². The van der Waals surface area contributed by atoms with E-state index in [9.17, 15) is 9.59 Å². The van der Waals surface area contributed by atoms with Gasteiger partial charge < -0.3 is 19.7 Å². The van der Waals surface area contributed by atoms with Gasteiger partial charge in [0.05, 0.1) is 14.2 Å². The molecule has 152 valence electrons. The molecule has 1 aliphatic heterocycles. The Hall–Kier alpha value is -3.02. The fraction of sp³-hybridized carbons (Fsp3) is 0.391. The van der Waals surface area contributed by atoms with E-state index in [1.54, 1.807) is 19.1 Å². The molecule has 4 rings (SSSR count). The third-order valence-corrected chi connectivity index (χ3v) is 5.88. The van der Waals surface area contributed by atoms with Crippen LogP contribution in [0.15, 0.2) is 36.4 Å². The van der Waals surface area contributed by atoms with Crippen molar-refractivity contribution in [3.8, 4) is 11.5 Å². The van der Waals surface area contributed by atoms with Gasteiger partial charge in [0.25, 0.3) is 0 Å². The summed E-state index contributed by atoms with van der Waals surface area (Å²) in [7, 11) is 3.22. The molecule has 0 radical (unpaired) electrons. The van der Waals surface area contributed by atoms with Gasteiger partial charge in [-0.05, 0) is 67.1 Å². The molecule has 2 aromatic carbocycles. The molecular formula is C23H26N2O4. The van der Waals surface area contributed by atoms with Crippen LogP contribution in [0.25, 0.3) is 0 Å². The van der Waals surface area contributed by atoms with Crippen LogP contribution in [0.4, 0.5) is 5.69 Å². The molecule has 29 heavy (non-hydrogen) atoms. The average molecular weight is 394 g/mol. The van der Waals surface area contributed by atoms with E-state index in [-0.39, 0.29) is 11.8 Å². The molecule has 1 heterocycles. The first kappa shape index (κ1) is 19.3. The monoisotopic (exact) mass is 394 g/mol. The third-order valence-electron chi connectivity index (χ3n) is 5.88. The second-order valence-corrected chi connectivity index (χ2v) is 7.86. The summed E-state index contributed by atoms with van der Waals surface area (Å²) in [5.74, 6) is 1.07. The number of carbonyl (C=O) groups is 2. The molecule has 6 nitrogen and oxygen atoms in total. The van der Waals surface area contributed by atoms with E-state index in [0.717, 1.165) is 28.8 Å². The molecule has 6 heteroatoms. The molecular weight excluding hydrogens is 368 g/mol. The number of hydrogen-bond donors (Lipinski definition) is 1. The quantitative estimate of drug-likeness (QED) is 0.790. The van der Waals surface area contributed by atoms with Crippen molar-refractivity contribution in [2.24, 2.45) is 5.41 Å². The van der Waals surface area contributed by atoms with E-state index in [1.165, 1.54) is 0 Å². The number of ether oxygens (including phenoxy) is 2. The molecule has 0 bridgehead atoms. The summed E-state index contributed by atoms with van der Waals surface area (Å²) in [6.07, 6.45) is 1.93. The fourth-order valence-corrected chi connectivity index (χ4v) is 4.00. The summed E-state index contributed by atoms with van der Waals surface area (Å²) in [5, 5.41) is 2.94. The highest BCUT2D eigenvalue weighted by Gasteiger charge is 2.58. The second kappa shape index (κ2) is 7.43. The summed E-state index contributed by atoms with van der Waals surface area (Å²) in [5.41, 5.74) is 3.06. The van der Waals surface area contributed by atoms with Gasteiger partial charge in [-0.3, -0.25) is 9.59 Å². The minimum Gasteiger partial charge on any atom is -0.493 e. The number of fused-ring (bicyclic) bond motifs is 1. The lowest BCUT2D eigenvalue weighted by Crippen LogP contribution is -2.45. The zero-order valence-electron chi connectivity index (χ0n) is 17.1. The highest BCUT2D eigenvalue weighted by Crippen LogP contribution is 2.49. The second-order valence-electron chi connectivity index (χ2n) is 7.86. The predicted octanol–water partition coefficient (Wildman–Crippen LogP) is 3.32. The molecule has 1 fully saturated rings. The number of nitrogens with zero attached hydrogens (tertiary/aromatic N) is 1. The number of carbonyl (C=O) groups excluding carboxylic acids is 2. The molecule has 0 atom stereocenters. The Morgan fingerprint density at radius 3 is 2.34 bits per heavy atom. The zero-order valence-corrected chi connectivity index (χ0v) is 17.1. The molecule has 0 spiro atoms. The van der Waals surface area contributed by atoms with Crippen LogP contribution in [0, 0.1) is 12.3 Å². The number of benzene rings is 2. The summed E-state index contributed by atoms with van der Waals surface area (Å²) in [6.45, 7) is 3.05. The Morgan fingerprint density at radius 1 is 1.03 bits per heavy atom. The van der Waals surface area contributed by atoms with Crippen molar-refractivity contribution in [3.63, 3.8) is 0 Å². The Labute approximate surface area is 170 Å². The van der Waals surface area contributed by atoms with Crippen molar-refractivity contribution >= 4 is 17.5 Å². The van der Waals surface area contributed by atoms with E-state index in [1.807, 2.05) is 43.3 Å². The number of aryl methyl sites for hydroxylation is 1. The smallest absolute Gasteiger partial charge is 0.240 e. The van der Waals surface area contributed by atoms with Gasteiger partial charge in [-0.2, -0.15) is 0 Å². The van der Waals surface area contributed by atoms with Crippen LogP contribution < -0.4 is 14.8 Å². The van der Waals surface area contributed by atoms with Gasteiger partial charge in [0.2, 0.25) is 11.8 Å². The van der Waals surface area contributed by atoms with E-state index in [4.69, 9.17) is 9.47 Å². The molecule has 2 aromatic rings. The third kappa shape index (κ3) is 3.55. The zero-order chi connectivity index (χ0) is 20.6. The maximum Gasteiger partial charge on any atom is 0.240 e. The van der Waals surface area contributed by atoms with Crippen molar-refractivity contribution in [2.75, 3.05) is 26.1 Å². The molecule has 1 saturated carbocycles. The Balaban J connectivity index is 1.51. The lowest BCUT2D eigenvalue weighted by molar-refractivity contribution is -0.143. The predicted molar refractivity (Wildman–Crippen MR) is 110 cm³/mol. The number of hydrogen-bond acceptors (Lipinski definition) is 4. The van der Waals surface area contributed by atoms with Crippen LogP contribution in [-0.4, -0.2) is 37.5 Å². The summed E-state index contributed by atoms with van der Waals surface area (Å²) in [6, 6.07) is 11.5. The van der Waals surface area contributed by atoms with Gasteiger partial charge in [-0.25, -0.2) is 0 Å². The number of amides is 2. The maximum atomic E-state index is 13.3. The van der Waals surface area contributed by atoms with E-state index in [0.29, 0.717) is 37.4 Å². The van der Waals surface area contributed by atoms with E-state index in [2.05, 4.69) is 5.32 Å². The largest absolute Gasteiger partial charge is 0.493 e. The first-order chi connectivity index (χ1) is 14.0. The van der Waals surface area contributed by atoms with Crippen molar-refractivity contribution in [1.82, 2.24) is 4.90 Å². The lowest BCUT2D eigenvalue weighted by atomic mass is 9.96. The number of anilines is 1. The van der Waals surface area contributed by atoms with Crippen molar-refractivity contribution in [1.29, 1.82) is 0 Å². The van der Waals surface area contributed by atoms with Crippen LogP contribution in [0.2, 0.25) is 0 Å². The van der Waals surface area contributed by atoms with Gasteiger partial charge in [-0.15, -0.1) is 0 Å². The fourth-order valence-electron chi connectivity index (χ4n) is 4.00. The van der Waals surface area contributed by atoms with E-state index < -0.39 is 5.41 Å². The topological polar surface area (TPSA) is 67.9 Å². The minimum atomic E-state index is -0.933. The lowest BCUT2D eigenvalue weighted by Gasteiger charge is -2.32. The van der Waals surface area contributed by atoms with Crippen LogP contribution >= 0.6 is 0 Å². The van der Waals surface area contributed by atoms with Crippen LogP contribution in [0.3, 0.4) is 0 Å². The normalized spacial score (nSPS) is 16.6. The van der Waals surface area contributed by atoms with Crippen molar-refractivity contribution in [3.05, 3.63) is 53.1 Å². The maximum absolute atomic E-state index is 13.3. The Bertz CT molecular complexity index is 965. The van der Waals surface area contributed by atoms with Gasteiger partial charge in [-0.1, -0.05) is 12.1 Å². The molecule has 1 N–H and O–H groups in total. The standard InChI is InChI=1S/C23H26N2O4/c1-15-5-4-6-18(11-15)24-21(26)23(8-9-23)22(27)25-10-7-16-12-19(28-2)20(29-3)13-17(16)14-25/h4-6,11-13H,7-10,14H2,1-3H3,(H,24,26). The summed E-state index contributed by atoms with van der Waals surface area (Å²) >= 11 is 0. The van der Waals surface area contributed by atoms with Crippen LogP contribution in [-0.2, 0) is 22.6 Å². The molecule has 2 amide bonds. The summed E-state index contributed by atoms with van der Waals surface area (Å²) in [4.78, 5) is 28.0. The van der Waals surface area contributed by atoms with Crippen LogP contribution in [0.1, 0.15) is 29.5 Å². The summed E-state index contributed by atoms with van der Waals surface area (Å²) < 4.78 is 10.8. The minimum absolute atomic E-state index is 0.0805. The SMILES string of the molecule is COc1cc2c(cc1OC)CN(C(=O)C1(C(=O)Nc3cccc(C)c3)CC1)CC2. The number of methoxy groups -OCH3 is 2. The average Bonchev–Trinajstić information content (AvgIpc) is 3.54. The van der Waals surface area contributed by atoms with Gasteiger partial charge >= 0.3 is 0 Å². The molecule has 0 unspecified atom stereocenters. The Morgan fingerprint density at radius 2 is 1.72 bits per heavy atom. The highest BCUT2D eigenvalue weighted by atomic mass is 16.5. The molecule has 0 saturated heterocycles. The first-order valence-electron chi connectivity index (χ1n) is 9.88. The molecule has 0 aromatic heterocycles. The van der Waals surface area contributed by atoms with Gasteiger partial charge in [0.1, 0.15) is 5.41 Å².